The fourth-order valence-electron chi connectivity index (χ4n) is 3.31. The van der Waals surface area contributed by atoms with E-state index in [1.165, 1.54) is 18.6 Å². The number of ether oxygens (including phenoxy) is 1. The van der Waals surface area contributed by atoms with Crippen LogP contribution in [0.15, 0.2) is 18.6 Å². The van der Waals surface area contributed by atoms with Crippen LogP contribution in [0.2, 0.25) is 0 Å². The number of carbonyl (C=O) groups excluding carboxylic acids is 2. The molecule has 2 atom stereocenters. The van der Waals surface area contributed by atoms with E-state index in [2.05, 4.69) is 36.1 Å². The van der Waals surface area contributed by atoms with Gasteiger partial charge in [-0.1, -0.05) is 27.2 Å². The third-order valence-electron chi connectivity index (χ3n) is 5.22. The van der Waals surface area contributed by atoms with Crippen molar-refractivity contribution in [1.82, 2.24) is 20.2 Å². The predicted octanol–water partition coefficient (Wildman–Crippen LogP) is 2.04. The average molecular weight is 362 g/mol. The smallest absolute Gasteiger partial charge is 0.271 e. The zero-order chi connectivity index (χ0) is 19.2. The second-order valence-corrected chi connectivity index (χ2v) is 7.39. The van der Waals surface area contributed by atoms with Crippen molar-refractivity contribution in [3.05, 3.63) is 24.3 Å². The number of unbranched alkanes of at least 4 members (excludes halogenated alkanes) is 1. The lowest BCUT2D eigenvalue weighted by Gasteiger charge is -2.55. The fourth-order valence-corrected chi connectivity index (χ4v) is 3.31. The van der Waals surface area contributed by atoms with Gasteiger partial charge in [-0.15, -0.1) is 0 Å². The fraction of sp³-hybridized carbons (Fsp3) is 0.684. The lowest BCUT2D eigenvalue weighted by atomic mass is 9.63. The number of nitrogens with one attached hydrogen (secondary N) is 1. The summed E-state index contributed by atoms with van der Waals surface area (Å²) in [4.78, 5) is 34.0. The van der Waals surface area contributed by atoms with Crippen LogP contribution < -0.4 is 5.32 Å². The van der Waals surface area contributed by atoms with Gasteiger partial charge in [0.15, 0.2) is 0 Å². The van der Waals surface area contributed by atoms with Crippen LogP contribution in [0, 0.1) is 5.41 Å². The highest BCUT2D eigenvalue weighted by atomic mass is 16.5. The van der Waals surface area contributed by atoms with Crippen LogP contribution in [0.4, 0.5) is 0 Å². The molecule has 7 nitrogen and oxygen atoms in total. The van der Waals surface area contributed by atoms with E-state index in [4.69, 9.17) is 4.74 Å². The molecule has 1 heterocycles. The molecule has 1 fully saturated rings. The van der Waals surface area contributed by atoms with Gasteiger partial charge in [-0.2, -0.15) is 0 Å². The van der Waals surface area contributed by atoms with Gasteiger partial charge in [-0.3, -0.25) is 14.6 Å². The number of hydrogen-bond donors (Lipinski definition) is 1. The summed E-state index contributed by atoms with van der Waals surface area (Å²) >= 11 is 0. The Balaban J connectivity index is 1.75. The largest absolute Gasteiger partial charge is 0.378 e. The van der Waals surface area contributed by atoms with E-state index in [1.54, 1.807) is 4.90 Å². The van der Waals surface area contributed by atoms with Gasteiger partial charge in [0.2, 0.25) is 5.91 Å². The van der Waals surface area contributed by atoms with Crippen molar-refractivity contribution in [3.63, 3.8) is 0 Å². The Hall–Kier alpha value is -2.02. The summed E-state index contributed by atoms with van der Waals surface area (Å²) in [6, 6.07) is 0.164. The zero-order valence-corrected chi connectivity index (χ0v) is 16.2. The van der Waals surface area contributed by atoms with E-state index in [-0.39, 0.29) is 48.0 Å². The number of rotatable bonds is 9. The first kappa shape index (κ1) is 20.3. The molecule has 1 aliphatic rings. The maximum atomic E-state index is 12.5. The third kappa shape index (κ3) is 4.78. The first-order chi connectivity index (χ1) is 12.4. The molecular weight excluding hydrogens is 332 g/mol. The molecule has 1 N–H and O–H groups in total. The number of amides is 2. The predicted molar refractivity (Wildman–Crippen MR) is 98.6 cm³/mol. The Kier molecular flexibility index (Phi) is 7.08. The maximum absolute atomic E-state index is 12.5. The molecule has 0 unspecified atom stereocenters. The maximum Gasteiger partial charge on any atom is 0.271 e. The van der Waals surface area contributed by atoms with Crippen molar-refractivity contribution in [2.45, 2.75) is 58.6 Å². The highest BCUT2D eigenvalue weighted by molar-refractivity contribution is 5.92. The minimum atomic E-state index is -0.318. The monoisotopic (exact) mass is 362 g/mol. The Morgan fingerprint density at radius 2 is 2.15 bits per heavy atom. The van der Waals surface area contributed by atoms with Crippen molar-refractivity contribution in [2.75, 3.05) is 20.2 Å². The Labute approximate surface area is 155 Å². The highest BCUT2D eigenvalue weighted by Crippen LogP contribution is 2.45. The van der Waals surface area contributed by atoms with Crippen LogP contribution in [0.3, 0.4) is 0 Å². The van der Waals surface area contributed by atoms with E-state index in [9.17, 15) is 9.59 Å². The van der Waals surface area contributed by atoms with E-state index < -0.39 is 0 Å². The topological polar surface area (TPSA) is 84.4 Å². The van der Waals surface area contributed by atoms with E-state index in [1.807, 2.05) is 7.05 Å². The molecule has 0 radical (unpaired) electrons. The standard InChI is InChI=1S/C19H30N4O3/c1-5-6-11-26-16-12-15(19(16,2)3)23(4)17(24)7-8-22-18(25)14-13-20-9-10-21-14/h9-10,13,15-16H,5-8,11-12H2,1-4H3,(H,22,25)/t15-,16+/m1/s1. The van der Waals surface area contributed by atoms with Gasteiger partial charge >= 0.3 is 0 Å². The van der Waals surface area contributed by atoms with Crippen LogP contribution in [-0.2, 0) is 9.53 Å². The van der Waals surface area contributed by atoms with Crippen molar-refractivity contribution in [2.24, 2.45) is 5.41 Å². The van der Waals surface area contributed by atoms with Crippen LogP contribution in [0.5, 0.6) is 0 Å². The minimum Gasteiger partial charge on any atom is -0.378 e. The minimum absolute atomic E-state index is 0.0227. The molecule has 26 heavy (non-hydrogen) atoms. The Bertz CT molecular complexity index is 606. The van der Waals surface area contributed by atoms with Gasteiger partial charge in [0, 0.05) is 50.5 Å². The summed E-state index contributed by atoms with van der Waals surface area (Å²) in [6.45, 7) is 7.51. The summed E-state index contributed by atoms with van der Waals surface area (Å²) in [5.74, 6) is -0.295. The number of nitrogens with zero attached hydrogens (tertiary/aromatic N) is 3. The number of aromatic nitrogens is 2. The molecule has 0 aromatic carbocycles. The lowest BCUT2D eigenvalue weighted by molar-refractivity contribution is -0.164. The molecular formula is C19H30N4O3. The Morgan fingerprint density at radius 1 is 1.38 bits per heavy atom. The zero-order valence-electron chi connectivity index (χ0n) is 16.2. The van der Waals surface area contributed by atoms with Crippen molar-refractivity contribution in [1.29, 1.82) is 0 Å². The van der Waals surface area contributed by atoms with E-state index >= 15 is 0 Å². The molecule has 0 aliphatic heterocycles. The molecule has 2 rings (SSSR count). The first-order valence-corrected chi connectivity index (χ1v) is 9.29. The second kappa shape index (κ2) is 9.07. The molecule has 2 amide bonds. The molecule has 7 heteroatoms. The van der Waals surface area contributed by atoms with Gasteiger partial charge in [0.05, 0.1) is 12.3 Å². The van der Waals surface area contributed by atoms with Gasteiger partial charge < -0.3 is 15.0 Å². The van der Waals surface area contributed by atoms with E-state index in [0.29, 0.717) is 0 Å². The molecule has 144 valence electrons. The molecule has 1 aliphatic carbocycles. The van der Waals surface area contributed by atoms with E-state index in [0.717, 1.165) is 25.9 Å². The molecule has 0 spiro atoms. The normalized spacial score (nSPS) is 20.9. The number of carbonyl (C=O) groups is 2. The quantitative estimate of drug-likeness (QED) is 0.680. The van der Waals surface area contributed by atoms with Crippen molar-refractivity contribution in [3.8, 4) is 0 Å². The third-order valence-corrected chi connectivity index (χ3v) is 5.22. The molecule has 1 aromatic rings. The molecule has 1 saturated carbocycles. The molecule has 0 bridgehead atoms. The Morgan fingerprint density at radius 3 is 2.77 bits per heavy atom. The lowest BCUT2D eigenvalue weighted by Crippen LogP contribution is -2.62. The summed E-state index contributed by atoms with van der Waals surface area (Å²) in [6.07, 6.45) is 7.89. The first-order valence-electron chi connectivity index (χ1n) is 9.29. The average Bonchev–Trinajstić information content (AvgIpc) is 2.64. The van der Waals surface area contributed by atoms with Gasteiger partial charge in [-0.25, -0.2) is 4.98 Å². The summed E-state index contributed by atoms with van der Waals surface area (Å²) in [5, 5.41) is 2.71. The van der Waals surface area contributed by atoms with Gasteiger partial charge in [-0.05, 0) is 12.8 Å². The number of hydrogen-bond acceptors (Lipinski definition) is 5. The van der Waals surface area contributed by atoms with Gasteiger partial charge in [0.1, 0.15) is 5.69 Å². The van der Waals surface area contributed by atoms with Crippen LogP contribution in [0.25, 0.3) is 0 Å². The van der Waals surface area contributed by atoms with Crippen LogP contribution in [0.1, 0.15) is 56.9 Å². The van der Waals surface area contributed by atoms with Crippen molar-refractivity contribution < 1.29 is 14.3 Å². The van der Waals surface area contributed by atoms with Crippen LogP contribution >= 0.6 is 0 Å². The second-order valence-electron chi connectivity index (χ2n) is 7.39. The molecule has 0 saturated heterocycles. The SMILES string of the molecule is CCCCO[C@H]1C[C@@H](N(C)C(=O)CCNC(=O)c2cnccn2)C1(C)C. The van der Waals surface area contributed by atoms with Gasteiger partial charge in [0.25, 0.3) is 5.91 Å². The summed E-state index contributed by atoms with van der Waals surface area (Å²) in [7, 11) is 1.83. The highest BCUT2D eigenvalue weighted by Gasteiger charge is 2.51. The van der Waals surface area contributed by atoms with Crippen molar-refractivity contribution >= 4 is 11.8 Å². The molecule has 1 aromatic heterocycles. The van der Waals surface area contributed by atoms with Crippen LogP contribution in [-0.4, -0.2) is 59.0 Å². The summed E-state index contributed by atoms with van der Waals surface area (Å²) in [5.41, 5.74) is 0.196. The summed E-state index contributed by atoms with van der Waals surface area (Å²) < 4.78 is 5.95.